The van der Waals surface area contributed by atoms with E-state index in [1.165, 1.54) is 5.39 Å². The van der Waals surface area contributed by atoms with E-state index >= 15 is 0 Å². The van der Waals surface area contributed by atoms with E-state index in [0.717, 1.165) is 30.1 Å². The first-order valence-electron chi connectivity index (χ1n) is 5.93. The standard InChI is InChI=1S/C14H16N2O/c1-16(2)14-8-11(9-15-14)13-7-10-5-3-4-6-12(10)17-13/h3-7,11H,8-9H2,1-2H3/t11-/m0/s1. The Morgan fingerprint density at radius 3 is 2.82 bits per heavy atom. The molecular formula is C14H16N2O. The van der Waals surface area contributed by atoms with Gasteiger partial charge in [0, 0.05) is 31.8 Å². The van der Waals surface area contributed by atoms with Gasteiger partial charge in [0.2, 0.25) is 0 Å². The average molecular weight is 228 g/mol. The van der Waals surface area contributed by atoms with Crippen molar-refractivity contribution >= 4 is 16.8 Å². The first-order chi connectivity index (χ1) is 8.24. The van der Waals surface area contributed by atoms with E-state index < -0.39 is 0 Å². The second-order valence-electron chi connectivity index (χ2n) is 4.74. The molecule has 0 aliphatic carbocycles. The fourth-order valence-corrected chi connectivity index (χ4v) is 2.28. The number of nitrogens with zero attached hydrogens (tertiary/aromatic N) is 2. The van der Waals surface area contributed by atoms with Crippen LogP contribution in [0.25, 0.3) is 11.0 Å². The van der Waals surface area contributed by atoms with Crippen LogP contribution in [0.2, 0.25) is 0 Å². The number of hydrogen-bond acceptors (Lipinski definition) is 3. The van der Waals surface area contributed by atoms with Crippen molar-refractivity contribution in [2.45, 2.75) is 12.3 Å². The fourth-order valence-electron chi connectivity index (χ4n) is 2.28. The molecular weight excluding hydrogens is 212 g/mol. The van der Waals surface area contributed by atoms with Crippen LogP contribution in [-0.2, 0) is 0 Å². The molecule has 2 aromatic rings. The van der Waals surface area contributed by atoms with Gasteiger partial charge < -0.3 is 9.32 Å². The molecule has 1 atom stereocenters. The Balaban J connectivity index is 1.87. The highest BCUT2D eigenvalue weighted by molar-refractivity contribution is 5.85. The lowest BCUT2D eigenvalue weighted by Crippen LogP contribution is -2.20. The minimum absolute atomic E-state index is 0.403. The Morgan fingerprint density at radius 2 is 2.12 bits per heavy atom. The Morgan fingerprint density at radius 1 is 1.29 bits per heavy atom. The molecule has 1 aromatic carbocycles. The summed E-state index contributed by atoms with van der Waals surface area (Å²) in [5.41, 5.74) is 0.973. The van der Waals surface area contributed by atoms with E-state index in [2.05, 4.69) is 22.0 Å². The SMILES string of the molecule is CN(C)C1=NC[C@@H](c2cc3ccccc3o2)C1. The molecule has 1 aliphatic heterocycles. The predicted molar refractivity (Wildman–Crippen MR) is 69.6 cm³/mol. The van der Waals surface area contributed by atoms with Crippen molar-refractivity contribution in [3.05, 3.63) is 36.1 Å². The first-order valence-corrected chi connectivity index (χ1v) is 5.93. The summed E-state index contributed by atoms with van der Waals surface area (Å²) in [6.07, 6.45) is 0.979. The van der Waals surface area contributed by atoms with Gasteiger partial charge in [0.15, 0.2) is 0 Å². The highest BCUT2D eigenvalue weighted by atomic mass is 16.3. The summed E-state index contributed by atoms with van der Waals surface area (Å²) in [6, 6.07) is 10.3. The molecule has 17 heavy (non-hydrogen) atoms. The summed E-state index contributed by atoms with van der Waals surface area (Å²) in [4.78, 5) is 6.63. The number of para-hydroxylation sites is 1. The first kappa shape index (κ1) is 10.4. The van der Waals surface area contributed by atoms with Crippen molar-refractivity contribution in [1.29, 1.82) is 0 Å². The van der Waals surface area contributed by atoms with Crippen LogP contribution >= 0.6 is 0 Å². The molecule has 0 bridgehead atoms. The maximum absolute atomic E-state index is 5.89. The summed E-state index contributed by atoms with van der Waals surface area (Å²) in [6.45, 7) is 0.841. The van der Waals surface area contributed by atoms with Crippen LogP contribution in [0.5, 0.6) is 0 Å². The molecule has 0 N–H and O–H groups in total. The minimum atomic E-state index is 0.403. The fraction of sp³-hybridized carbons (Fsp3) is 0.357. The molecule has 1 aliphatic rings. The highest BCUT2D eigenvalue weighted by Crippen LogP contribution is 2.30. The molecule has 0 radical (unpaired) electrons. The van der Waals surface area contributed by atoms with Gasteiger partial charge in [0.1, 0.15) is 11.3 Å². The van der Waals surface area contributed by atoms with Crippen LogP contribution in [0, 0.1) is 0 Å². The van der Waals surface area contributed by atoms with Gasteiger partial charge in [-0.25, -0.2) is 0 Å². The summed E-state index contributed by atoms with van der Waals surface area (Å²) in [5, 5.41) is 1.18. The molecule has 0 amide bonds. The minimum Gasteiger partial charge on any atom is -0.461 e. The van der Waals surface area contributed by atoms with E-state index in [9.17, 15) is 0 Å². The van der Waals surface area contributed by atoms with Crippen molar-refractivity contribution in [2.75, 3.05) is 20.6 Å². The van der Waals surface area contributed by atoms with Gasteiger partial charge in [-0.2, -0.15) is 0 Å². The Bertz CT molecular complexity index is 535. The Hall–Kier alpha value is -1.77. The van der Waals surface area contributed by atoms with Crippen LogP contribution in [-0.4, -0.2) is 31.4 Å². The van der Waals surface area contributed by atoms with Crippen molar-refractivity contribution in [3.63, 3.8) is 0 Å². The third-order valence-corrected chi connectivity index (χ3v) is 3.29. The van der Waals surface area contributed by atoms with Crippen LogP contribution in [0.4, 0.5) is 0 Å². The average Bonchev–Trinajstić information content (AvgIpc) is 2.95. The van der Waals surface area contributed by atoms with Crippen molar-refractivity contribution < 1.29 is 4.42 Å². The maximum Gasteiger partial charge on any atom is 0.134 e. The number of benzene rings is 1. The maximum atomic E-state index is 5.89. The van der Waals surface area contributed by atoms with Crippen LogP contribution in [0.1, 0.15) is 18.1 Å². The van der Waals surface area contributed by atoms with Crippen molar-refractivity contribution in [2.24, 2.45) is 4.99 Å². The van der Waals surface area contributed by atoms with Crippen molar-refractivity contribution in [1.82, 2.24) is 4.90 Å². The van der Waals surface area contributed by atoms with E-state index in [1.807, 2.05) is 32.3 Å². The van der Waals surface area contributed by atoms with E-state index in [-0.39, 0.29) is 0 Å². The molecule has 0 saturated carbocycles. The zero-order chi connectivity index (χ0) is 11.8. The predicted octanol–water partition coefficient (Wildman–Crippen LogP) is 2.88. The number of amidine groups is 1. The van der Waals surface area contributed by atoms with Crippen molar-refractivity contribution in [3.8, 4) is 0 Å². The lowest BCUT2D eigenvalue weighted by atomic mass is 10.0. The van der Waals surface area contributed by atoms with E-state index in [1.54, 1.807) is 0 Å². The zero-order valence-corrected chi connectivity index (χ0v) is 10.2. The zero-order valence-electron chi connectivity index (χ0n) is 10.2. The molecule has 0 saturated heterocycles. The normalized spacial score (nSPS) is 19.6. The monoisotopic (exact) mass is 228 g/mol. The number of aliphatic imine (C=N–C) groups is 1. The number of fused-ring (bicyclic) bond motifs is 1. The van der Waals surface area contributed by atoms with Gasteiger partial charge in [-0.1, -0.05) is 18.2 Å². The number of rotatable bonds is 1. The summed E-state index contributed by atoms with van der Waals surface area (Å²) in [7, 11) is 4.08. The third kappa shape index (κ3) is 1.82. The van der Waals surface area contributed by atoms with Crippen LogP contribution in [0.15, 0.2) is 39.7 Å². The van der Waals surface area contributed by atoms with Gasteiger partial charge in [0.25, 0.3) is 0 Å². The topological polar surface area (TPSA) is 28.7 Å². The molecule has 88 valence electrons. The van der Waals surface area contributed by atoms with Gasteiger partial charge >= 0.3 is 0 Å². The number of furan rings is 1. The summed E-state index contributed by atoms with van der Waals surface area (Å²) >= 11 is 0. The van der Waals surface area contributed by atoms with E-state index in [4.69, 9.17) is 4.42 Å². The van der Waals surface area contributed by atoms with E-state index in [0.29, 0.717) is 5.92 Å². The quantitative estimate of drug-likeness (QED) is 0.751. The Kier molecular flexibility index (Phi) is 2.39. The highest BCUT2D eigenvalue weighted by Gasteiger charge is 2.24. The van der Waals surface area contributed by atoms with Gasteiger partial charge in [0.05, 0.1) is 12.4 Å². The van der Waals surface area contributed by atoms with Gasteiger partial charge in [-0.3, -0.25) is 4.99 Å². The molecule has 3 rings (SSSR count). The second kappa shape index (κ2) is 3.91. The molecule has 2 heterocycles. The molecule has 3 nitrogen and oxygen atoms in total. The Labute approximate surface area is 101 Å². The lowest BCUT2D eigenvalue weighted by molar-refractivity contribution is 0.504. The molecule has 1 aromatic heterocycles. The molecule has 0 spiro atoms. The molecule has 0 unspecified atom stereocenters. The summed E-state index contributed by atoms with van der Waals surface area (Å²) < 4.78 is 5.89. The molecule has 3 heteroatoms. The smallest absolute Gasteiger partial charge is 0.134 e. The lowest BCUT2D eigenvalue weighted by Gasteiger charge is -2.12. The second-order valence-corrected chi connectivity index (χ2v) is 4.74. The summed E-state index contributed by atoms with van der Waals surface area (Å²) in [5.74, 6) is 2.63. The van der Waals surface area contributed by atoms with Crippen LogP contribution in [0.3, 0.4) is 0 Å². The third-order valence-electron chi connectivity index (χ3n) is 3.29. The largest absolute Gasteiger partial charge is 0.461 e. The number of hydrogen-bond donors (Lipinski definition) is 0. The van der Waals surface area contributed by atoms with Gasteiger partial charge in [-0.15, -0.1) is 0 Å². The van der Waals surface area contributed by atoms with Crippen LogP contribution < -0.4 is 0 Å². The van der Waals surface area contributed by atoms with Gasteiger partial charge in [-0.05, 0) is 12.1 Å². The molecule has 0 fully saturated rings.